The van der Waals surface area contributed by atoms with E-state index >= 15 is 0 Å². The maximum absolute atomic E-state index is 8.96. The average molecular weight is 230 g/mol. The fraction of sp³-hybridized carbons (Fsp3) is 0.333. The van der Waals surface area contributed by atoms with Crippen LogP contribution in [0, 0.1) is 0 Å². The smallest absolute Gasteiger partial charge is 0.488 e. The van der Waals surface area contributed by atoms with Crippen LogP contribution in [0.1, 0.15) is 0 Å². The minimum atomic E-state index is -1.55. The molecule has 1 aromatic carbocycles. The standard InChI is InChI=1S/C9H12BClO4/c1-14-2-3-15-9-5-7(10(12)13)4-8(11)6-9/h4-6,12-13H,2-3H2,1H3. The summed E-state index contributed by atoms with van der Waals surface area (Å²) >= 11 is 5.77. The van der Waals surface area contributed by atoms with Gasteiger partial charge in [0.1, 0.15) is 12.4 Å². The van der Waals surface area contributed by atoms with Crippen LogP contribution in [0.2, 0.25) is 5.02 Å². The number of rotatable bonds is 5. The SMILES string of the molecule is COCCOc1cc(Cl)cc(B(O)O)c1. The van der Waals surface area contributed by atoms with Gasteiger partial charge in [-0.05, 0) is 23.7 Å². The zero-order valence-electron chi connectivity index (χ0n) is 8.31. The lowest BCUT2D eigenvalue weighted by molar-refractivity contribution is 0.146. The molecule has 0 aliphatic carbocycles. The molecule has 0 aliphatic heterocycles. The molecule has 0 atom stereocenters. The first kappa shape index (κ1) is 12.3. The van der Waals surface area contributed by atoms with Gasteiger partial charge in [0, 0.05) is 12.1 Å². The summed E-state index contributed by atoms with van der Waals surface area (Å²) < 4.78 is 10.1. The number of hydrogen-bond acceptors (Lipinski definition) is 4. The van der Waals surface area contributed by atoms with Crippen LogP contribution < -0.4 is 10.2 Å². The maximum atomic E-state index is 8.96. The largest absolute Gasteiger partial charge is 0.491 e. The third kappa shape index (κ3) is 4.09. The van der Waals surface area contributed by atoms with Crippen LogP contribution in [0.5, 0.6) is 5.75 Å². The van der Waals surface area contributed by atoms with E-state index in [2.05, 4.69) is 0 Å². The van der Waals surface area contributed by atoms with E-state index in [4.69, 9.17) is 31.1 Å². The highest BCUT2D eigenvalue weighted by Gasteiger charge is 2.12. The minimum Gasteiger partial charge on any atom is -0.491 e. The van der Waals surface area contributed by atoms with Crippen molar-refractivity contribution in [3.63, 3.8) is 0 Å². The van der Waals surface area contributed by atoms with Crippen molar-refractivity contribution in [3.8, 4) is 5.75 Å². The number of ether oxygens (including phenoxy) is 2. The molecule has 0 fully saturated rings. The molecule has 0 aliphatic rings. The van der Waals surface area contributed by atoms with E-state index < -0.39 is 7.12 Å². The van der Waals surface area contributed by atoms with Crippen LogP contribution in [0.15, 0.2) is 18.2 Å². The van der Waals surface area contributed by atoms with Gasteiger partial charge in [0.15, 0.2) is 0 Å². The Morgan fingerprint density at radius 2 is 2.00 bits per heavy atom. The Bertz CT molecular complexity index is 319. The maximum Gasteiger partial charge on any atom is 0.488 e. The molecule has 4 nitrogen and oxygen atoms in total. The molecule has 1 rings (SSSR count). The van der Waals surface area contributed by atoms with Crippen LogP contribution in [-0.2, 0) is 4.74 Å². The summed E-state index contributed by atoms with van der Waals surface area (Å²) in [6.07, 6.45) is 0. The van der Waals surface area contributed by atoms with Crippen molar-refractivity contribution in [2.24, 2.45) is 0 Å². The lowest BCUT2D eigenvalue weighted by atomic mass is 9.80. The number of halogens is 1. The first-order valence-electron chi connectivity index (χ1n) is 4.42. The molecule has 0 aromatic heterocycles. The topological polar surface area (TPSA) is 58.9 Å². The summed E-state index contributed by atoms with van der Waals surface area (Å²) in [5.41, 5.74) is 0.301. The van der Waals surface area contributed by atoms with Crippen LogP contribution >= 0.6 is 11.6 Å². The van der Waals surface area contributed by atoms with E-state index in [9.17, 15) is 0 Å². The molecule has 0 bridgehead atoms. The molecular formula is C9H12BClO4. The van der Waals surface area contributed by atoms with Crippen molar-refractivity contribution >= 4 is 24.2 Å². The first-order valence-corrected chi connectivity index (χ1v) is 4.79. The molecule has 6 heteroatoms. The summed E-state index contributed by atoms with van der Waals surface area (Å²) in [5, 5.41) is 18.3. The highest BCUT2D eigenvalue weighted by Crippen LogP contribution is 2.16. The molecule has 0 heterocycles. The highest BCUT2D eigenvalue weighted by molar-refractivity contribution is 6.59. The molecule has 2 N–H and O–H groups in total. The number of benzene rings is 1. The van der Waals surface area contributed by atoms with E-state index in [1.54, 1.807) is 13.2 Å². The van der Waals surface area contributed by atoms with Crippen molar-refractivity contribution in [2.45, 2.75) is 0 Å². The molecule has 1 aromatic rings. The third-order valence-corrected chi connectivity index (χ3v) is 1.97. The molecule has 0 saturated carbocycles. The van der Waals surface area contributed by atoms with E-state index in [0.29, 0.717) is 29.4 Å². The predicted octanol–water partition coefficient (Wildman–Crippen LogP) is 0.0450. The fourth-order valence-electron chi connectivity index (χ4n) is 1.06. The van der Waals surface area contributed by atoms with Crippen LogP contribution in [-0.4, -0.2) is 37.5 Å². The monoisotopic (exact) mass is 230 g/mol. The second-order valence-electron chi connectivity index (χ2n) is 2.94. The quantitative estimate of drug-likeness (QED) is 0.554. The van der Waals surface area contributed by atoms with Crippen molar-refractivity contribution in [3.05, 3.63) is 23.2 Å². The lowest BCUT2D eigenvalue weighted by Gasteiger charge is -2.08. The molecule has 82 valence electrons. The van der Waals surface area contributed by atoms with Gasteiger partial charge in [0.25, 0.3) is 0 Å². The normalized spacial score (nSPS) is 10.1. The van der Waals surface area contributed by atoms with Crippen molar-refractivity contribution in [1.82, 2.24) is 0 Å². The van der Waals surface area contributed by atoms with Gasteiger partial charge in [-0.1, -0.05) is 11.6 Å². The van der Waals surface area contributed by atoms with Gasteiger partial charge >= 0.3 is 7.12 Å². The van der Waals surface area contributed by atoms with E-state index in [-0.39, 0.29) is 0 Å². The summed E-state index contributed by atoms with van der Waals surface area (Å²) in [6.45, 7) is 0.849. The molecule has 0 saturated heterocycles. The van der Waals surface area contributed by atoms with E-state index in [1.807, 2.05) is 0 Å². The van der Waals surface area contributed by atoms with Gasteiger partial charge in [-0.25, -0.2) is 0 Å². The Balaban J connectivity index is 2.71. The Hall–Kier alpha value is -0.745. The van der Waals surface area contributed by atoms with Crippen LogP contribution in [0.3, 0.4) is 0 Å². The first-order chi connectivity index (χ1) is 7.13. The number of hydrogen-bond donors (Lipinski definition) is 2. The Morgan fingerprint density at radius 1 is 1.27 bits per heavy atom. The zero-order chi connectivity index (χ0) is 11.3. The van der Waals surface area contributed by atoms with E-state index in [0.717, 1.165) is 0 Å². The summed E-state index contributed by atoms with van der Waals surface area (Å²) in [4.78, 5) is 0. The third-order valence-electron chi connectivity index (χ3n) is 1.75. The van der Waals surface area contributed by atoms with Gasteiger partial charge < -0.3 is 19.5 Å². The molecule has 0 amide bonds. The van der Waals surface area contributed by atoms with Gasteiger partial charge in [-0.15, -0.1) is 0 Å². The molecule has 0 radical (unpaired) electrons. The van der Waals surface area contributed by atoms with E-state index in [1.165, 1.54) is 12.1 Å². The predicted molar refractivity (Wildman–Crippen MR) is 58.6 cm³/mol. The second kappa shape index (κ2) is 5.97. The van der Waals surface area contributed by atoms with Crippen molar-refractivity contribution in [2.75, 3.05) is 20.3 Å². The van der Waals surface area contributed by atoms with Crippen molar-refractivity contribution in [1.29, 1.82) is 0 Å². The van der Waals surface area contributed by atoms with Gasteiger partial charge in [0.05, 0.1) is 6.61 Å². The zero-order valence-corrected chi connectivity index (χ0v) is 9.07. The van der Waals surface area contributed by atoms with Gasteiger partial charge in [-0.3, -0.25) is 0 Å². The Kier molecular flexibility index (Phi) is 4.91. The fourth-order valence-corrected chi connectivity index (χ4v) is 1.29. The molecule has 0 spiro atoms. The molecule has 0 unspecified atom stereocenters. The average Bonchev–Trinajstić information content (AvgIpc) is 2.17. The molecule has 15 heavy (non-hydrogen) atoms. The van der Waals surface area contributed by atoms with Crippen LogP contribution in [0.4, 0.5) is 0 Å². The van der Waals surface area contributed by atoms with Gasteiger partial charge in [0.2, 0.25) is 0 Å². The lowest BCUT2D eigenvalue weighted by Crippen LogP contribution is -2.29. The minimum absolute atomic E-state index is 0.301. The summed E-state index contributed by atoms with van der Waals surface area (Å²) in [7, 11) is 0.0259. The van der Waals surface area contributed by atoms with Crippen molar-refractivity contribution < 1.29 is 19.5 Å². The Labute approximate surface area is 93.5 Å². The molecular weight excluding hydrogens is 218 g/mol. The summed E-state index contributed by atoms with van der Waals surface area (Å²) in [6, 6.07) is 4.59. The highest BCUT2D eigenvalue weighted by atomic mass is 35.5. The second-order valence-corrected chi connectivity index (χ2v) is 3.37. The summed E-state index contributed by atoms with van der Waals surface area (Å²) in [5.74, 6) is 0.489. The Morgan fingerprint density at radius 3 is 2.60 bits per heavy atom. The van der Waals surface area contributed by atoms with Gasteiger partial charge in [-0.2, -0.15) is 0 Å². The van der Waals surface area contributed by atoms with Crippen LogP contribution in [0.25, 0.3) is 0 Å². The number of methoxy groups -OCH3 is 1.